The Hall–Kier alpha value is -0.270. The third-order valence-electron chi connectivity index (χ3n) is 5.75. The fraction of sp³-hybridized carbons (Fsp3) is 0.957. The lowest BCUT2D eigenvalue weighted by Crippen LogP contribution is -2.54. The van der Waals surface area contributed by atoms with Crippen LogP contribution in [0, 0.1) is 0 Å². The molecule has 1 saturated heterocycles. The van der Waals surface area contributed by atoms with Gasteiger partial charge in [0.1, 0.15) is 31.0 Å². The van der Waals surface area contributed by atoms with Crippen molar-refractivity contribution in [2.45, 2.75) is 128 Å². The first-order valence-corrected chi connectivity index (χ1v) is 12.3. The van der Waals surface area contributed by atoms with Gasteiger partial charge in [0.15, 0.2) is 5.05 Å². The molecular formula is C23H44O5S. The van der Waals surface area contributed by atoms with Crippen molar-refractivity contribution in [3.05, 3.63) is 0 Å². The lowest BCUT2D eigenvalue weighted by Gasteiger charge is -2.34. The summed E-state index contributed by atoms with van der Waals surface area (Å²) in [5.41, 5.74) is 0. The summed E-state index contributed by atoms with van der Waals surface area (Å²) in [5, 5.41) is 29.5. The second-order valence-electron chi connectivity index (χ2n) is 8.45. The van der Waals surface area contributed by atoms with Gasteiger partial charge < -0.3 is 24.8 Å². The van der Waals surface area contributed by atoms with Crippen LogP contribution in [0.2, 0.25) is 0 Å². The summed E-state index contributed by atoms with van der Waals surface area (Å²) < 4.78 is 10.8. The summed E-state index contributed by atoms with van der Waals surface area (Å²) in [6, 6.07) is 0. The van der Waals surface area contributed by atoms with Gasteiger partial charge in [0.25, 0.3) is 0 Å². The summed E-state index contributed by atoms with van der Waals surface area (Å²) in [7, 11) is 0. The molecule has 0 radical (unpaired) electrons. The largest absolute Gasteiger partial charge is 0.484 e. The molecule has 29 heavy (non-hydrogen) atoms. The van der Waals surface area contributed by atoms with Crippen LogP contribution in [0.25, 0.3) is 0 Å². The zero-order valence-corrected chi connectivity index (χ0v) is 19.2. The van der Waals surface area contributed by atoms with Gasteiger partial charge in [-0.1, -0.05) is 90.4 Å². The Morgan fingerprint density at radius 2 is 1.28 bits per heavy atom. The molecule has 0 aromatic heterocycles. The highest BCUT2D eigenvalue weighted by molar-refractivity contribution is 7.80. The molecule has 0 aliphatic carbocycles. The molecule has 172 valence electrons. The van der Waals surface area contributed by atoms with E-state index < -0.39 is 24.4 Å². The highest BCUT2D eigenvalue weighted by Crippen LogP contribution is 2.17. The van der Waals surface area contributed by atoms with Crippen molar-refractivity contribution in [2.75, 3.05) is 13.2 Å². The number of thiocarbonyl (C=S) groups is 1. The van der Waals surface area contributed by atoms with Gasteiger partial charge in [0, 0.05) is 6.42 Å². The molecular weight excluding hydrogens is 388 g/mol. The van der Waals surface area contributed by atoms with Crippen LogP contribution in [0.3, 0.4) is 0 Å². The maximum atomic E-state index is 9.87. The van der Waals surface area contributed by atoms with E-state index >= 15 is 0 Å². The fourth-order valence-corrected chi connectivity index (χ4v) is 3.94. The monoisotopic (exact) mass is 432 g/mol. The molecule has 1 fully saturated rings. The SMILES string of the molecule is CCCCCCCCCCCCCCCCC(=S)OC[C@H]1OC[C@H](O)[C@@H](O)[C@@H]1O. The number of aliphatic hydroxyl groups excluding tert-OH is 3. The number of ether oxygens (including phenoxy) is 2. The molecule has 0 aromatic rings. The first kappa shape index (κ1) is 26.8. The molecule has 0 saturated carbocycles. The predicted octanol–water partition coefficient (Wildman–Crippen LogP) is 4.68. The van der Waals surface area contributed by atoms with Gasteiger partial charge in [-0.25, -0.2) is 0 Å². The molecule has 0 unspecified atom stereocenters. The number of rotatable bonds is 17. The Kier molecular flexibility index (Phi) is 16.1. The van der Waals surface area contributed by atoms with E-state index in [0.29, 0.717) is 5.05 Å². The minimum Gasteiger partial charge on any atom is -0.484 e. The molecule has 0 bridgehead atoms. The first-order chi connectivity index (χ1) is 14.1. The predicted molar refractivity (Wildman–Crippen MR) is 121 cm³/mol. The summed E-state index contributed by atoms with van der Waals surface area (Å²) in [4.78, 5) is 0. The molecule has 1 aliphatic rings. The normalized spacial score (nSPS) is 24.6. The van der Waals surface area contributed by atoms with Gasteiger partial charge in [0.05, 0.1) is 6.61 Å². The van der Waals surface area contributed by atoms with E-state index in [1.165, 1.54) is 77.0 Å². The van der Waals surface area contributed by atoms with E-state index in [2.05, 4.69) is 6.92 Å². The second kappa shape index (κ2) is 17.4. The van der Waals surface area contributed by atoms with Crippen LogP contribution in [0.1, 0.15) is 103 Å². The quantitative estimate of drug-likeness (QED) is 0.229. The van der Waals surface area contributed by atoms with Crippen LogP contribution in [0.15, 0.2) is 0 Å². The van der Waals surface area contributed by atoms with E-state index in [4.69, 9.17) is 21.7 Å². The van der Waals surface area contributed by atoms with Crippen LogP contribution in [-0.2, 0) is 9.47 Å². The molecule has 4 atom stereocenters. The lowest BCUT2D eigenvalue weighted by molar-refractivity contribution is -0.193. The van der Waals surface area contributed by atoms with Gasteiger partial charge >= 0.3 is 0 Å². The molecule has 1 aliphatic heterocycles. The minimum atomic E-state index is -1.20. The molecule has 0 amide bonds. The van der Waals surface area contributed by atoms with E-state index in [-0.39, 0.29) is 13.2 Å². The third kappa shape index (κ3) is 12.9. The lowest BCUT2D eigenvalue weighted by atomic mass is 10.0. The first-order valence-electron chi connectivity index (χ1n) is 11.9. The molecule has 6 heteroatoms. The zero-order valence-electron chi connectivity index (χ0n) is 18.4. The number of unbranched alkanes of at least 4 members (excludes halogenated alkanes) is 13. The maximum Gasteiger partial charge on any atom is 0.159 e. The van der Waals surface area contributed by atoms with E-state index in [9.17, 15) is 15.3 Å². The van der Waals surface area contributed by atoms with Crippen molar-refractivity contribution in [2.24, 2.45) is 0 Å². The van der Waals surface area contributed by atoms with Crippen molar-refractivity contribution in [3.63, 3.8) is 0 Å². The number of hydrogen-bond donors (Lipinski definition) is 3. The molecule has 5 nitrogen and oxygen atoms in total. The van der Waals surface area contributed by atoms with E-state index in [1.54, 1.807) is 0 Å². The van der Waals surface area contributed by atoms with Crippen molar-refractivity contribution in [1.29, 1.82) is 0 Å². The molecule has 0 aromatic carbocycles. The van der Waals surface area contributed by atoms with Crippen LogP contribution in [0.4, 0.5) is 0 Å². The van der Waals surface area contributed by atoms with Gasteiger partial charge in [-0.3, -0.25) is 0 Å². The van der Waals surface area contributed by atoms with Gasteiger partial charge in [-0.15, -0.1) is 0 Å². The third-order valence-corrected chi connectivity index (χ3v) is 6.07. The Labute approximate surface area is 183 Å². The Morgan fingerprint density at radius 1 is 0.793 bits per heavy atom. The van der Waals surface area contributed by atoms with Gasteiger partial charge in [-0.05, 0) is 18.6 Å². The standard InChI is InChI=1S/C23H44O5S/c1-2-3-4-5-6-7-8-9-10-11-12-13-14-15-16-21(29)28-18-20-23(26)22(25)19(24)17-27-20/h19-20,22-26H,2-18H2,1H3/t19-,20+,22+,23+/m0/s1. The number of hydrogen-bond acceptors (Lipinski definition) is 6. The summed E-state index contributed by atoms with van der Waals surface area (Å²) in [6.45, 7) is 2.38. The second-order valence-corrected chi connectivity index (χ2v) is 8.90. The topological polar surface area (TPSA) is 79.2 Å². The van der Waals surface area contributed by atoms with E-state index in [1.807, 2.05) is 0 Å². The van der Waals surface area contributed by atoms with Gasteiger partial charge in [0.2, 0.25) is 0 Å². The van der Waals surface area contributed by atoms with Crippen molar-refractivity contribution >= 4 is 17.3 Å². The average Bonchev–Trinajstić information content (AvgIpc) is 2.71. The number of aliphatic hydroxyl groups is 3. The Balaban J connectivity index is 1.86. The van der Waals surface area contributed by atoms with Gasteiger partial charge in [-0.2, -0.15) is 0 Å². The molecule has 1 heterocycles. The van der Waals surface area contributed by atoms with Crippen molar-refractivity contribution < 1.29 is 24.8 Å². The Bertz CT molecular complexity index is 407. The van der Waals surface area contributed by atoms with Crippen molar-refractivity contribution in [1.82, 2.24) is 0 Å². The highest BCUT2D eigenvalue weighted by Gasteiger charge is 2.37. The maximum absolute atomic E-state index is 9.87. The van der Waals surface area contributed by atoms with Crippen LogP contribution >= 0.6 is 12.2 Å². The molecule has 0 spiro atoms. The smallest absolute Gasteiger partial charge is 0.159 e. The highest BCUT2D eigenvalue weighted by atomic mass is 32.1. The average molecular weight is 433 g/mol. The minimum absolute atomic E-state index is 0.00201. The van der Waals surface area contributed by atoms with E-state index in [0.717, 1.165) is 19.3 Å². The molecule has 1 rings (SSSR count). The van der Waals surface area contributed by atoms with Crippen LogP contribution in [0.5, 0.6) is 0 Å². The van der Waals surface area contributed by atoms with Crippen LogP contribution in [-0.4, -0.2) is 58.0 Å². The van der Waals surface area contributed by atoms with Crippen LogP contribution < -0.4 is 0 Å². The van der Waals surface area contributed by atoms with Crippen molar-refractivity contribution in [3.8, 4) is 0 Å². The summed E-state index contributed by atoms with van der Waals surface area (Å²) >= 11 is 5.24. The summed E-state index contributed by atoms with van der Waals surface area (Å²) in [6.07, 6.45) is 15.3. The Morgan fingerprint density at radius 3 is 1.79 bits per heavy atom. The zero-order chi connectivity index (χ0) is 21.3. The molecule has 3 N–H and O–H groups in total. The fourth-order valence-electron chi connectivity index (χ4n) is 3.72. The summed E-state index contributed by atoms with van der Waals surface area (Å²) in [5.74, 6) is 0.